The molecule has 15 heavy (non-hydrogen) atoms. The highest BCUT2D eigenvalue weighted by atomic mass is 16.5. The summed E-state index contributed by atoms with van der Waals surface area (Å²) in [5, 5.41) is 2.92. The number of carbonyl (C=O) groups excluding carboxylic acids is 1. The maximum atomic E-state index is 11.2. The zero-order valence-corrected chi connectivity index (χ0v) is 9.92. The summed E-state index contributed by atoms with van der Waals surface area (Å²) >= 11 is 0. The molecule has 0 radical (unpaired) electrons. The summed E-state index contributed by atoms with van der Waals surface area (Å²) in [6.07, 6.45) is 7.53. The maximum Gasteiger partial charge on any atom is 0.407 e. The molecule has 1 fully saturated rings. The van der Waals surface area contributed by atoms with E-state index in [0.29, 0.717) is 12.5 Å². The summed E-state index contributed by atoms with van der Waals surface area (Å²) in [6, 6.07) is 0.252. The van der Waals surface area contributed by atoms with Gasteiger partial charge in [-0.1, -0.05) is 25.7 Å². The van der Waals surface area contributed by atoms with Crippen molar-refractivity contribution in [3.8, 4) is 0 Å². The molecule has 0 saturated heterocycles. The molecule has 1 rings (SSSR count). The number of amides is 1. The van der Waals surface area contributed by atoms with Crippen molar-refractivity contribution in [1.82, 2.24) is 5.32 Å². The van der Waals surface area contributed by atoms with Crippen molar-refractivity contribution >= 4 is 6.09 Å². The van der Waals surface area contributed by atoms with Crippen molar-refractivity contribution in [2.75, 3.05) is 6.61 Å². The molecule has 0 aromatic rings. The third kappa shape index (κ3) is 4.54. The minimum Gasteiger partial charge on any atom is -0.450 e. The van der Waals surface area contributed by atoms with Crippen LogP contribution in [0.4, 0.5) is 4.79 Å². The molecule has 1 amide bonds. The topological polar surface area (TPSA) is 38.3 Å². The van der Waals surface area contributed by atoms with E-state index in [-0.39, 0.29) is 12.1 Å². The Kier molecular flexibility index (Phi) is 5.51. The van der Waals surface area contributed by atoms with Gasteiger partial charge in [0.15, 0.2) is 0 Å². The Morgan fingerprint density at radius 3 is 2.47 bits per heavy atom. The lowest BCUT2D eigenvalue weighted by atomic mass is 9.93. The average molecular weight is 213 g/mol. The molecule has 3 heteroatoms. The minimum atomic E-state index is -0.269. The first-order chi connectivity index (χ1) is 7.24. The highest BCUT2D eigenvalue weighted by Gasteiger charge is 2.20. The molecule has 1 N–H and O–H groups in total. The normalized spacial score (nSPS) is 20.4. The van der Waals surface area contributed by atoms with Crippen LogP contribution >= 0.6 is 0 Å². The van der Waals surface area contributed by atoms with E-state index in [1.54, 1.807) is 0 Å². The van der Waals surface area contributed by atoms with Gasteiger partial charge in [0.05, 0.1) is 6.61 Å². The lowest BCUT2D eigenvalue weighted by Crippen LogP contribution is -2.38. The molecule has 1 aliphatic rings. The first kappa shape index (κ1) is 12.3. The Bertz CT molecular complexity index is 186. The van der Waals surface area contributed by atoms with Gasteiger partial charge in [0.25, 0.3) is 0 Å². The van der Waals surface area contributed by atoms with E-state index >= 15 is 0 Å². The third-order valence-corrected chi connectivity index (χ3v) is 3.23. The van der Waals surface area contributed by atoms with Crippen molar-refractivity contribution in [3.05, 3.63) is 0 Å². The monoisotopic (exact) mass is 213 g/mol. The second-order valence-electron chi connectivity index (χ2n) is 4.41. The second-order valence-corrected chi connectivity index (χ2v) is 4.41. The van der Waals surface area contributed by atoms with E-state index in [9.17, 15) is 4.79 Å². The molecule has 0 aliphatic heterocycles. The van der Waals surface area contributed by atoms with E-state index in [2.05, 4.69) is 12.2 Å². The molecule has 3 nitrogen and oxygen atoms in total. The Balaban J connectivity index is 2.30. The minimum absolute atomic E-state index is 0.252. The molecule has 1 atom stereocenters. The number of rotatable bonds is 3. The molecule has 1 saturated carbocycles. The summed E-state index contributed by atoms with van der Waals surface area (Å²) in [5.41, 5.74) is 0. The number of carbonyl (C=O) groups is 1. The average Bonchev–Trinajstić information content (AvgIpc) is 2.45. The Hall–Kier alpha value is -0.730. The lowest BCUT2D eigenvalue weighted by molar-refractivity contribution is 0.144. The molecule has 0 aromatic heterocycles. The Morgan fingerprint density at radius 2 is 1.93 bits per heavy atom. The van der Waals surface area contributed by atoms with E-state index < -0.39 is 0 Å². The third-order valence-electron chi connectivity index (χ3n) is 3.23. The van der Waals surface area contributed by atoms with Gasteiger partial charge in [-0.15, -0.1) is 0 Å². The van der Waals surface area contributed by atoms with Crippen LogP contribution in [-0.2, 0) is 4.74 Å². The van der Waals surface area contributed by atoms with Crippen LogP contribution in [0.2, 0.25) is 0 Å². The van der Waals surface area contributed by atoms with Gasteiger partial charge in [0.1, 0.15) is 0 Å². The van der Waals surface area contributed by atoms with Gasteiger partial charge in [-0.2, -0.15) is 0 Å². The van der Waals surface area contributed by atoms with Crippen LogP contribution in [0, 0.1) is 5.92 Å². The molecule has 0 bridgehead atoms. The quantitative estimate of drug-likeness (QED) is 0.732. The van der Waals surface area contributed by atoms with Crippen molar-refractivity contribution in [2.24, 2.45) is 5.92 Å². The van der Waals surface area contributed by atoms with Gasteiger partial charge in [-0.05, 0) is 32.6 Å². The fourth-order valence-corrected chi connectivity index (χ4v) is 2.29. The van der Waals surface area contributed by atoms with Crippen LogP contribution in [0.1, 0.15) is 52.4 Å². The summed E-state index contributed by atoms with van der Waals surface area (Å²) in [7, 11) is 0. The molecule has 0 heterocycles. The second kappa shape index (κ2) is 6.70. The van der Waals surface area contributed by atoms with Crippen LogP contribution < -0.4 is 5.32 Å². The van der Waals surface area contributed by atoms with E-state index in [1.807, 2.05) is 6.92 Å². The maximum absolute atomic E-state index is 11.2. The van der Waals surface area contributed by atoms with Crippen LogP contribution in [0.5, 0.6) is 0 Å². The molecule has 1 aliphatic carbocycles. The molecule has 0 spiro atoms. The SMILES string of the molecule is CCOC(=O)N[C@H](C)C1CCCCCC1. The number of alkyl carbamates (subject to hydrolysis) is 1. The zero-order valence-electron chi connectivity index (χ0n) is 9.92. The molecule has 0 aromatic carbocycles. The fraction of sp³-hybridized carbons (Fsp3) is 0.917. The number of ether oxygens (including phenoxy) is 1. The number of hydrogen-bond donors (Lipinski definition) is 1. The van der Waals surface area contributed by atoms with Gasteiger partial charge < -0.3 is 10.1 Å². The highest BCUT2D eigenvalue weighted by molar-refractivity contribution is 5.67. The Labute approximate surface area is 92.6 Å². The van der Waals surface area contributed by atoms with E-state index in [4.69, 9.17) is 4.74 Å². The predicted octanol–water partition coefficient (Wildman–Crippen LogP) is 3.09. The molecular weight excluding hydrogens is 190 g/mol. The summed E-state index contributed by atoms with van der Waals surface area (Å²) in [4.78, 5) is 11.2. The van der Waals surface area contributed by atoms with Crippen molar-refractivity contribution in [1.29, 1.82) is 0 Å². The van der Waals surface area contributed by atoms with Gasteiger partial charge in [-0.25, -0.2) is 4.79 Å². The summed E-state index contributed by atoms with van der Waals surface area (Å²) < 4.78 is 4.88. The standard InChI is InChI=1S/C12H23NO2/c1-3-15-12(14)13-10(2)11-8-6-4-5-7-9-11/h10-11H,3-9H2,1-2H3,(H,13,14)/t10-/m1/s1. The summed E-state index contributed by atoms with van der Waals surface area (Å²) in [6.45, 7) is 4.37. The largest absolute Gasteiger partial charge is 0.450 e. The van der Waals surface area contributed by atoms with Gasteiger partial charge in [0, 0.05) is 6.04 Å². The first-order valence-electron chi connectivity index (χ1n) is 6.17. The van der Waals surface area contributed by atoms with E-state index in [1.165, 1.54) is 38.5 Å². The summed E-state index contributed by atoms with van der Waals surface area (Å²) in [5.74, 6) is 0.636. The van der Waals surface area contributed by atoms with Gasteiger partial charge >= 0.3 is 6.09 Å². The van der Waals surface area contributed by atoms with Crippen LogP contribution in [0.25, 0.3) is 0 Å². The molecule has 88 valence electrons. The number of nitrogens with one attached hydrogen (secondary N) is 1. The van der Waals surface area contributed by atoms with Gasteiger partial charge in [-0.3, -0.25) is 0 Å². The van der Waals surface area contributed by atoms with Crippen LogP contribution in [0.3, 0.4) is 0 Å². The fourth-order valence-electron chi connectivity index (χ4n) is 2.29. The zero-order chi connectivity index (χ0) is 11.1. The molecular formula is C12H23NO2. The Morgan fingerprint density at radius 1 is 1.33 bits per heavy atom. The number of hydrogen-bond acceptors (Lipinski definition) is 2. The van der Waals surface area contributed by atoms with Crippen LogP contribution in [0.15, 0.2) is 0 Å². The lowest BCUT2D eigenvalue weighted by Gasteiger charge is -2.23. The highest BCUT2D eigenvalue weighted by Crippen LogP contribution is 2.25. The molecule has 0 unspecified atom stereocenters. The van der Waals surface area contributed by atoms with E-state index in [0.717, 1.165) is 0 Å². The van der Waals surface area contributed by atoms with Crippen LogP contribution in [-0.4, -0.2) is 18.7 Å². The van der Waals surface area contributed by atoms with Crippen molar-refractivity contribution in [2.45, 2.75) is 58.4 Å². The van der Waals surface area contributed by atoms with Gasteiger partial charge in [0.2, 0.25) is 0 Å². The van der Waals surface area contributed by atoms with Crippen molar-refractivity contribution < 1.29 is 9.53 Å². The smallest absolute Gasteiger partial charge is 0.407 e. The first-order valence-corrected chi connectivity index (χ1v) is 6.17. The predicted molar refractivity (Wildman–Crippen MR) is 60.8 cm³/mol. The van der Waals surface area contributed by atoms with Crippen molar-refractivity contribution in [3.63, 3.8) is 0 Å².